The molecule has 2 aromatic rings. The molecule has 6 nitrogen and oxygen atoms in total. The van der Waals surface area contributed by atoms with Gasteiger partial charge in [0.25, 0.3) is 0 Å². The highest BCUT2D eigenvalue weighted by Gasteiger charge is 2.09. The molecule has 0 bridgehead atoms. The zero-order valence-electron chi connectivity index (χ0n) is 17.7. The van der Waals surface area contributed by atoms with Gasteiger partial charge < -0.3 is 15.2 Å². The van der Waals surface area contributed by atoms with E-state index >= 15 is 0 Å². The van der Waals surface area contributed by atoms with Crippen molar-refractivity contribution in [3.8, 4) is 0 Å². The fourth-order valence-electron chi connectivity index (χ4n) is 3.03. The molecule has 28 heavy (non-hydrogen) atoms. The second kappa shape index (κ2) is 11.3. The molecular weight excluding hydrogens is 348 g/mol. The average molecular weight is 383 g/mol. The highest BCUT2D eigenvalue weighted by molar-refractivity contribution is 5.80. The van der Waals surface area contributed by atoms with Gasteiger partial charge in [0.2, 0.25) is 0 Å². The van der Waals surface area contributed by atoms with E-state index in [1.165, 1.54) is 11.1 Å². The van der Waals surface area contributed by atoms with Crippen molar-refractivity contribution in [1.82, 2.24) is 25.4 Å². The van der Waals surface area contributed by atoms with Crippen LogP contribution in [0.5, 0.6) is 0 Å². The summed E-state index contributed by atoms with van der Waals surface area (Å²) in [5, 5.41) is 14.9. The number of hydrogen-bond acceptors (Lipinski definition) is 3. The standard InChI is InChI=1S/C22H34N6/c1-6-12-23-22(24-13-14-28-16-25-27-21(28)7-2)26-18(5)20-10-8-19(9-11-20)15-17(3)4/h6,8-11,16-18H,1,7,12-15H2,2-5H3,(H2,23,24,26). The van der Waals surface area contributed by atoms with Gasteiger partial charge in [-0.15, -0.1) is 16.8 Å². The van der Waals surface area contributed by atoms with E-state index in [9.17, 15) is 0 Å². The Kier molecular flexibility index (Phi) is 8.72. The van der Waals surface area contributed by atoms with Gasteiger partial charge in [-0.2, -0.15) is 0 Å². The third kappa shape index (κ3) is 6.83. The summed E-state index contributed by atoms with van der Waals surface area (Å²) >= 11 is 0. The van der Waals surface area contributed by atoms with E-state index in [2.05, 4.69) is 79.4 Å². The zero-order chi connectivity index (χ0) is 20.4. The van der Waals surface area contributed by atoms with Crippen LogP contribution in [0.3, 0.4) is 0 Å². The van der Waals surface area contributed by atoms with Crippen LogP contribution in [0.4, 0.5) is 0 Å². The van der Waals surface area contributed by atoms with Crippen molar-refractivity contribution in [2.45, 2.75) is 53.1 Å². The first-order valence-corrected chi connectivity index (χ1v) is 10.1. The van der Waals surface area contributed by atoms with Crippen LogP contribution in [0.1, 0.15) is 50.7 Å². The highest BCUT2D eigenvalue weighted by Crippen LogP contribution is 2.15. The summed E-state index contributed by atoms with van der Waals surface area (Å²) in [6, 6.07) is 9.00. The van der Waals surface area contributed by atoms with Gasteiger partial charge in [-0.05, 0) is 30.4 Å². The van der Waals surface area contributed by atoms with Crippen molar-refractivity contribution < 1.29 is 0 Å². The fourth-order valence-corrected chi connectivity index (χ4v) is 3.03. The number of aliphatic imine (C=N–C) groups is 1. The lowest BCUT2D eigenvalue weighted by Gasteiger charge is -2.19. The van der Waals surface area contributed by atoms with Crippen molar-refractivity contribution in [2.75, 3.05) is 13.1 Å². The molecule has 6 heteroatoms. The molecular formula is C22H34N6. The Morgan fingerprint density at radius 2 is 2.00 bits per heavy atom. The van der Waals surface area contributed by atoms with Crippen molar-refractivity contribution in [3.05, 3.63) is 60.2 Å². The van der Waals surface area contributed by atoms with E-state index in [4.69, 9.17) is 4.99 Å². The Bertz CT molecular complexity index is 745. The van der Waals surface area contributed by atoms with Gasteiger partial charge in [-0.3, -0.25) is 4.99 Å². The molecule has 2 N–H and O–H groups in total. The number of benzene rings is 1. The molecule has 0 aliphatic carbocycles. The number of hydrogen-bond donors (Lipinski definition) is 2. The molecule has 1 unspecified atom stereocenters. The molecule has 0 aliphatic rings. The van der Waals surface area contributed by atoms with Gasteiger partial charge in [0.15, 0.2) is 5.96 Å². The molecule has 0 saturated heterocycles. The molecule has 1 aromatic carbocycles. The van der Waals surface area contributed by atoms with Crippen LogP contribution < -0.4 is 10.6 Å². The minimum absolute atomic E-state index is 0.158. The molecule has 152 valence electrons. The second-order valence-corrected chi connectivity index (χ2v) is 7.40. The van der Waals surface area contributed by atoms with E-state index < -0.39 is 0 Å². The van der Waals surface area contributed by atoms with Crippen LogP contribution in [0.25, 0.3) is 0 Å². The molecule has 1 heterocycles. The van der Waals surface area contributed by atoms with Crippen molar-refractivity contribution in [3.63, 3.8) is 0 Å². The summed E-state index contributed by atoms with van der Waals surface area (Å²) in [5.41, 5.74) is 2.62. The fraction of sp³-hybridized carbons (Fsp3) is 0.500. The maximum Gasteiger partial charge on any atom is 0.192 e. The van der Waals surface area contributed by atoms with Gasteiger partial charge in [0, 0.05) is 19.5 Å². The number of nitrogens with one attached hydrogen (secondary N) is 2. The lowest BCUT2D eigenvalue weighted by Crippen LogP contribution is -2.39. The quantitative estimate of drug-likeness (QED) is 0.375. The van der Waals surface area contributed by atoms with Crippen molar-refractivity contribution in [2.24, 2.45) is 10.9 Å². The van der Waals surface area contributed by atoms with Crippen LogP contribution in [0.2, 0.25) is 0 Å². The summed E-state index contributed by atoms with van der Waals surface area (Å²) < 4.78 is 2.05. The summed E-state index contributed by atoms with van der Waals surface area (Å²) in [6.45, 7) is 14.6. The molecule has 0 radical (unpaired) electrons. The van der Waals surface area contributed by atoms with Gasteiger partial charge in [0.05, 0.1) is 12.6 Å². The number of aromatic nitrogens is 3. The monoisotopic (exact) mass is 382 g/mol. The van der Waals surface area contributed by atoms with E-state index in [1.807, 2.05) is 10.6 Å². The Balaban J connectivity index is 1.98. The van der Waals surface area contributed by atoms with E-state index in [0.29, 0.717) is 19.0 Å². The summed E-state index contributed by atoms with van der Waals surface area (Å²) in [5.74, 6) is 2.44. The molecule has 2 rings (SSSR count). The Hall–Kier alpha value is -2.63. The molecule has 1 atom stereocenters. The number of rotatable bonds is 10. The van der Waals surface area contributed by atoms with Crippen LogP contribution in [0, 0.1) is 5.92 Å². The van der Waals surface area contributed by atoms with E-state index in [1.54, 1.807) is 6.33 Å². The predicted molar refractivity (Wildman–Crippen MR) is 116 cm³/mol. The SMILES string of the molecule is C=CCNC(=NCCn1cnnc1CC)NC(C)c1ccc(CC(C)C)cc1. The summed E-state index contributed by atoms with van der Waals surface area (Å²) in [4.78, 5) is 4.70. The molecule has 1 aromatic heterocycles. The largest absolute Gasteiger partial charge is 0.353 e. The number of guanidine groups is 1. The minimum atomic E-state index is 0.158. The molecule has 0 amide bonds. The zero-order valence-corrected chi connectivity index (χ0v) is 17.7. The number of nitrogens with zero attached hydrogens (tertiary/aromatic N) is 4. The molecule has 0 spiro atoms. The molecule has 0 aliphatic heterocycles. The maximum atomic E-state index is 4.70. The second-order valence-electron chi connectivity index (χ2n) is 7.40. The van der Waals surface area contributed by atoms with E-state index in [-0.39, 0.29) is 6.04 Å². The molecule has 0 fully saturated rings. The topological polar surface area (TPSA) is 67.1 Å². The summed E-state index contributed by atoms with van der Waals surface area (Å²) in [7, 11) is 0. The normalized spacial score (nSPS) is 12.8. The van der Waals surface area contributed by atoms with Crippen molar-refractivity contribution in [1.29, 1.82) is 0 Å². The van der Waals surface area contributed by atoms with Gasteiger partial charge >= 0.3 is 0 Å². The summed E-state index contributed by atoms with van der Waals surface area (Å²) in [6.07, 6.45) is 5.57. The van der Waals surface area contributed by atoms with Crippen molar-refractivity contribution >= 4 is 5.96 Å². The van der Waals surface area contributed by atoms with Gasteiger partial charge in [-0.25, -0.2) is 0 Å². The first-order chi connectivity index (χ1) is 13.5. The number of aryl methyl sites for hydroxylation is 1. The molecule has 0 saturated carbocycles. The third-order valence-corrected chi connectivity index (χ3v) is 4.51. The van der Waals surface area contributed by atoms with E-state index in [0.717, 1.165) is 31.2 Å². The minimum Gasteiger partial charge on any atom is -0.353 e. The first-order valence-electron chi connectivity index (χ1n) is 10.1. The van der Waals surface area contributed by atoms with Crippen LogP contribution in [-0.4, -0.2) is 33.8 Å². The first kappa shape index (κ1) is 21.7. The predicted octanol–water partition coefficient (Wildman–Crippen LogP) is 3.52. The van der Waals surface area contributed by atoms with Crippen LogP contribution >= 0.6 is 0 Å². The Labute approximate surface area is 169 Å². The average Bonchev–Trinajstić information content (AvgIpc) is 3.13. The van der Waals surface area contributed by atoms with Gasteiger partial charge in [0.1, 0.15) is 12.2 Å². The van der Waals surface area contributed by atoms with Gasteiger partial charge in [-0.1, -0.05) is 51.1 Å². The third-order valence-electron chi connectivity index (χ3n) is 4.51. The van der Waals surface area contributed by atoms with Crippen LogP contribution in [-0.2, 0) is 19.4 Å². The highest BCUT2D eigenvalue weighted by atomic mass is 15.3. The Morgan fingerprint density at radius 3 is 2.64 bits per heavy atom. The maximum absolute atomic E-state index is 4.70. The van der Waals surface area contributed by atoms with Crippen LogP contribution in [0.15, 0.2) is 48.2 Å². The lowest BCUT2D eigenvalue weighted by molar-refractivity contribution is 0.644. The smallest absolute Gasteiger partial charge is 0.192 e. The lowest BCUT2D eigenvalue weighted by atomic mass is 10.00. The Morgan fingerprint density at radius 1 is 1.25 bits per heavy atom.